The average Bonchev–Trinajstić information content (AvgIpc) is 2.68. The van der Waals surface area contributed by atoms with E-state index in [1.165, 1.54) is 32.2 Å². The number of alkyl halides is 2. The number of nitrogens with zero attached hydrogens (tertiary/aromatic N) is 3. The first kappa shape index (κ1) is 20.0. The molecule has 1 atom stereocenters. The summed E-state index contributed by atoms with van der Waals surface area (Å²) in [6, 6.07) is 5.38. The Morgan fingerprint density at radius 3 is 2.76 bits per heavy atom. The van der Waals surface area contributed by atoms with Crippen molar-refractivity contribution in [2.45, 2.75) is 25.8 Å². The van der Waals surface area contributed by atoms with Gasteiger partial charge in [0.2, 0.25) is 0 Å². The Kier molecular flexibility index (Phi) is 5.07. The molecule has 1 amide bonds. The number of amides is 1. The Hall–Kier alpha value is -3.74. The molecule has 2 heterocycles. The molecule has 2 N–H and O–H groups in total. The van der Waals surface area contributed by atoms with Crippen LogP contribution in [0.5, 0.6) is 0 Å². The highest BCUT2D eigenvalue weighted by Gasteiger charge is 2.45. The molecule has 0 spiro atoms. The fourth-order valence-electron chi connectivity index (χ4n) is 2.91. The summed E-state index contributed by atoms with van der Waals surface area (Å²) in [5.41, 5.74) is -2.27. The second-order valence-electron chi connectivity index (χ2n) is 6.33. The molecule has 0 aliphatic rings. The number of fused-ring (bicyclic) bond motifs is 1. The van der Waals surface area contributed by atoms with Crippen LogP contribution in [0.25, 0.3) is 10.9 Å². The molecule has 0 unspecified atom stereocenters. The van der Waals surface area contributed by atoms with Gasteiger partial charge in [-0.05, 0) is 43.7 Å². The van der Waals surface area contributed by atoms with E-state index in [0.717, 1.165) is 12.1 Å². The fraction of sp³-hybridized carbons (Fsp3) is 0.211. The smallest absolute Gasteiger partial charge is 0.341 e. The molecule has 2 aromatic heterocycles. The van der Waals surface area contributed by atoms with E-state index in [-0.39, 0.29) is 28.0 Å². The van der Waals surface area contributed by atoms with Gasteiger partial charge in [0.25, 0.3) is 11.5 Å². The summed E-state index contributed by atoms with van der Waals surface area (Å²) < 4.78 is 43.3. The summed E-state index contributed by atoms with van der Waals surface area (Å²) in [6.45, 7) is 2.58. The first-order valence-corrected chi connectivity index (χ1v) is 8.39. The molecule has 0 aliphatic heterocycles. The van der Waals surface area contributed by atoms with E-state index in [2.05, 4.69) is 15.0 Å². The third-order valence-corrected chi connectivity index (χ3v) is 4.36. The van der Waals surface area contributed by atoms with Gasteiger partial charge in [-0.3, -0.25) is 9.59 Å². The summed E-state index contributed by atoms with van der Waals surface area (Å²) in [5, 5.41) is 11.0. The zero-order valence-corrected chi connectivity index (χ0v) is 15.3. The predicted molar refractivity (Wildman–Crippen MR) is 96.5 cm³/mol. The highest BCUT2D eigenvalue weighted by molar-refractivity contribution is 5.89. The van der Waals surface area contributed by atoms with Crippen molar-refractivity contribution in [2.75, 3.05) is 0 Å². The molecule has 29 heavy (non-hydrogen) atoms. The van der Waals surface area contributed by atoms with Gasteiger partial charge in [-0.2, -0.15) is 14.0 Å². The Balaban J connectivity index is 1.98. The summed E-state index contributed by atoms with van der Waals surface area (Å²) in [7, 11) is 0. The van der Waals surface area contributed by atoms with Gasteiger partial charge >= 0.3 is 5.92 Å². The van der Waals surface area contributed by atoms with Crippen molar-refractivity contribution in [1.29, 1.82) is 5.26 Å². The number of H-pyrrole nitrogens is 1. The van der Waals surface area contributed by atoms with E-state index >= 15 is 0 Å². The number of nitriles is 1. The Bertz CT molecular complexity index is 1220. The summed E-state index contributed by atoms with van der Waals surface area (Å²) in [4.78, 5) is 34.5. The maximum atomic E-state index is 14.9. The predicted octanol–water partition coefficient (Wildman–Crippen LogP) is 2.61. The number of nitrogens with one attached hydrogen (secondary N) is 2. The molecule has 1 aromatic carbocycles. The number of aryl methyl sites for hydroxylation is 1. The van der Waals surface area contributed by atoms with Gasteiger partial charge in [0.1, 0.15) is 17.6 Å². The number of carbonyl (C=O) groups is 1. The van der Waals surface area contributed by atoms with E-state index in [0.29, 0.717) is 0 Å². The molecule has 3 rings (SSSR count). The van der Waals surface area contributed by atoms with E-state index in [9.17, 15) is 22.8 Å². The van der Waals surface area contributed by atoms with Crippen LogP contribution in [0.1, 0.15) is 35.6 Å². The third-order valence-electron chi connectivity index (χ3n) is 4.36. The van der Waals surface area contributed by atoms with Crippen LogP contribution in [0.3, 0.4) is 0 Å². The van der Waals surface area contributed by atoms with Crippen LogP contribution in [0.4, 0.5) is 13.2 Å². The van der Waals surface area contributed by atoms with Gasteiger partial charge in [-0.1, -0.05) is 0 Å². The van der Waals surface area contributed by atoms with E-state index in [4.69, 9.17) is 5.26 Å². The summed E-state index contributed by atoms with van der Waals surface area (Å²) in [6.07, 6.45) is 1.26. The topological polar surface area (TPSA) is 112 Å². The minimum atomic E-state index is -4.21. The summed E-state index contributed by atoms with van der Waals surface area (Å²) in [5.74, 6) is -6.67. The molecular formula is C19H14F3N5O2. The van der Waals surface area contributed by atoms with Crippen LogP contribution in [-0.4, -0.2) is 20.9 Å². The maximum absolute atomic E-state index is 14.9. The van der Waals surface area contributed by atoms with E-state index in [1.807, 2.05) is 5.32 Å². The normalized spacial score (nSPS) is 12.4. The zero-order chi connectivity index (χ0) is 21.3. The number of rotatable bonds is 4. The van der Waals surface area contributed by atoms with Crippen LogP contribution in [0.2, 0.25) is 0 Å². The van der Waals surface area contributed by atoms with Crippen LogP contribution in [-0.2, 0) is 10.7 Å². The van der Waals surface area contributed by atoms with Crippen molar-refractivity contribution < 1.29 is 18.0 Å². The number of benzene rings is 1. The zero-order valence-electron chi connectivity index (χ0n) is 15.3. The lowest BCUT2D eigenvalue weighted by Crippen LogP contribution is -2.43. The summed E-state index contributed by atoms with van der Waals surface area (Å²) >= 11 is 0. The van der Waals surface area contributed by atoms with Crippen LogP contribution >= 0.6 is 0 Å². The molecule has 0 bridgehead atoms. The van der Waals surface area contributed by atoms with Gasteiger partial charge in [0.05, 0.1) is 11.6 Å². The van der Waals surface area contributed by atoms with Crippen molar-refractivity contribution in [2.24, 2.45) is 0 Å². The monoisotopic (exact) mass is 401 g/mol. The molecule has 0 saturated heterocycles. The fourth-order valence-corrected chi connectivity index (χ4v) is 2.91. The number of aromatic nitrogens is 3. The molecule has 148 valence electrons. The molecule has 0 saturated carbocycles. The number of carbonyl (C=O) groups excluding carboxylic acids is 1. The van der Waals surface area contributed by atoms with Gasteiger partial charge in [0, 0.05) is 17.1 Å². The molecule has 3 aromatic rings. The highest BCUT2D eigenvalue weighted by Crippen LogP contribution is 2.32. The van der Waals surface area contributed by atoms with Crippen molar-refractivity contribution in [3.05, 3.63) is 69.3 Å². The number of pyridine rings is 1. The van der Waals surface area contributed by atoms with Gasteiger partial charge in [-0.15, -0.1) is 0 Å². The van der Waals surface area contributed by atoms with Crippen LogP contribution in [0, 0.1) is 24.1 Å². The third kappa shape index (κ3) is 3.67. The quantitative estimate of drug-likeness (QED) is 0.698. The molecule has 0 radical (unpaired) electrons. The van der Waals surface area contributed by atoms with Crippen LogP contribution in [0.15, 0.2) is 35.3 Å². The average molecular weight is 401 g/mol. The van der Waals surface area contributed by atoms with Crippen molar-refractivity contribution in [3.8, 4) is 6.07 Å². The minimum Gasteiger partial charge on any atom is -0.341 e. The SMILES string of the molecule is Cc1c(C(F)(F)C(=O)N[C@H](C)c2nccc(C#N)n2)c(=O)[nH]c2ccc(F)cc12. The molecule has 0 aliphatic carbocycles. The van der Waals surface area contributed by atoms with Crippen LogP contribution < -0.4 is 10.9 Å². The number of halogens is 3. The lowest BCUT2D eigenvalue weighted by atomic mass is 9.99. The number of aromatic amines is 1. The van der Waals surface area contributed by atoms with Gasteiger partial charge in [0.15, 0.2) is 5.82 Å². The maximum Gasteiger partial charge on any atom is 0.355 e. The first-order valence-electron chi connectivity index (χ1n) is 8.39. The Morgan fingerprint density at radius 2 is 2.07 bits per heavy atom. The van der Waals surface area contributed by atoms with Gasteiger partial charge < -0.3 is 10.3 Å². The second-order valence-corrected chi connectivity index (χ2v) is 6.33. The molecule has 7 nitrogen and oxygen atoms in total. The molecular weight excluding hydrogens is 387 g/mol. The van der Waals surface area contributed by atoms with Crippen molar-refractivity contribution in [1.82, 2.24) is 20.3 Å². The largest absolute Gasteiger partial charge is 0.355 e. The first-order chi connectivity index (χ1) is 13.6. The standard InChI is InChI=1S/C19H14F3N5O2/c1-9-13-7-11(20)3-4-14(13)27-17(28)15(9)19(21,22)18(29)25-10(2)16-24-6-5-12(8-23)26-16/h3-7,10H,1-2H3,(H,25,29)(H,27,28)/t10-/m1/s1. The second kappa shape index (κ2) is 7.35. The lowest BCUT2D eigenvalue weighted by Gasteiger charge is -2.21. The number of hydrogen-bond acceptors (Lipinski definition) is 5. The molecule has 0 fully saturated rings. The van der Waals surface area contributed by atoms with Crippen molar-refractivity contribution in [3.63, 3.8) is 0 Å². The van der Waals surface area contributed by atoms with E-state index in [1.54, 1.807) is 6.07 Å². The minimum absolute atomic E-state index is 0.00621. The lowest BCUT2D eigenvalue weighted by molar-refractivity contribution is -0.148. The van der Waals surface area contributed by atoms with Gasteiger partial charge in [-0.25, -0.2) is 14.4 Å². The Morgan fingerprint density at radius 1 is 1.34 bits per heavy atom. The highest BCUT2D eigenvalue weighted by atomic mass is 19.3. The van der Waals surface area contributed by atoms with Crippen molar-refractivity contribution >= 4 is 16.8 Å². The van der Waals surface area contributed by atoms with E-state index < -0.39 is 34.8 Å². The number of hydrogen-bond donors (Lipinski definition) is 2. The Labute approximate surface area is 162 Å². The molecule has 10 heteroatoms.